The Labute approximate surface area is 145 Å². The van der Waals surface area contributed by atoms with E-state index in [9.17, 15) is 18.0 Å². The first-order chi connectivity index (χ1) is 11.4. The van der Waals surface area contributed by atoms with Crippen molar-refractivity contribution in [2.45, 2.75) is 18.5 Å². The summed E-state index contributed by atoms with van der Waals surface area (Å²) < 4.78 is 29.1. The lowest BCUT2D eigenvalue weighted by molar-refractivity contribution is -0.147. The molecule has 0 N–H and O–H groups in total. The zero-order chi connectivity index (χ0) is 17.3. The Bertz CT molecular complexity index is 716. The first-order valence-corrected chi connectivity index (χ1v) is 10.4. The Hall–Kier alpha value is -1.45. The number of piperazine rings is 1. The van der Waals surface area contributed by atoms with Crippen molar-refractivity contribution in [3.63, 3.8) is 0 Å². The van der Waals surface area contributed by atoms with E-state index < -0.39 is 21.9 Å². The lowest BCUT2D eigenvalue weighted by atomic mass is 10.0. The van der Waals surface area contributed by atoms with Crippen molar-refractivity contribution < 1.29 is 22.7 Å². The number of thiophene rings is 1. The molecule has 3 heterocycles. The Balaban J connectivity index is 1.79. The molecule has 2 aliphatic rings. The molecule has 0 spiro atoms. The van der Waals surface area contributed by atoms with Crippen LogP contribution in [0.25, 0.3) is 0 Å². The number of carbonyl (C=O) groups is 2. The highest BCUT2D eigenvalue weighted by Crippen LogP contribution is 2.28. The minimum absolute atomic E-state index is 0.0770. The number of rotatable bonds is 4. The van der Waals surface area contributed by atoms with Gasteiger partial charge in [-0.2, -0.15) is 0 Å². The quantitative estimate of drug-likeness (QED) is 0.729. The Morgan fingerprint density at radius 2 is 1.83 bits per heavy atom. The van der Waals surface area contributed by atoms with E-state index in [4.69, 9.17) is 4.74 Å². The Kier molecular flexibility index (Phi) is 4.93. The van der Waals surface area contributed by atoms with Crippen LogP contribution in [0.4, 0.5) is 0 Å². The largest absolute Gasteiger partial charge is 0.375 e. The standard InChI is InChI=1S/C15H20N2O5S2/c1-22-8-15(19)17-5-4-16(12-9-24(20,21)10-13(12)17)14(18)7-11-3-2-6-23-11/h2-3,6,12-13H,4-5,7-10H2,1H3/t12-,13+/m0/s1. The van der Waals surface area contributed by atoms with Crippen molar-refractivity contribution in [2.75, 3.05) is 38.3 Å². The number of nitrogens with zero attached hydrogens (tertiary/aromatic N) is 2. The number of ether oxygens (including phenoxy) is 1. The molecule has 7 nitrogen and oxygen atoms in total. The highest BCUT2D eigenvalue weighted by atomic mass is 32.2. The monoisotopic (exact) mass is 372 g/mol. The molecule has 2 amide bonds. The lowest BCUT2D eigenvalue weighted by Crippen LogP contribution is -2.62. The summed E-state index contributed by atoms with van der Waals surface area (Å²) in [5, 5.41) is 1.91. The first kappa shape index (κ1) is 17.4. The highest BCUT2D eigenvalue weighted by molar-refractivity contribution is 7.91. The van der Waals surface area contributed by atoms with Crippen molar-refractivity contribution in [3.8, 4) is 0 Å². The molecular weight excluding hydrogens is 352 g/mol. The average molecular weight is 372 g/mol. The van der Waals surface area contributed by atoms with Gasteiger partial charge in [0.15, 0.2) is 9.84 Å². The van der Waals surface area contributed by atoms with Crippen LogP contribution in [0, 0.1) is 0 Å². The van der Waals surface area contributed by atoms with Crippen LogP contribution in [0.2, 0.25) is 0 Å². The summed E-state index contributed by atoms with van der Waals surface area (Å²) in [6.45, 7) is 0.623. The van der Waals surface area contributed by atoms with Crippen LogP contribution >= 0.6 is 11.3 Å². The number of hydrogen-bond acceptors (Lipinski definition) is 6. The van der Waals surface area contributed by atoms with E-state index in [1.165, 1.54) is 18.4 Å². The smallest absolute Gasteiger partial charge is 0.248 e. The fourth-order valence-corrected chi connectivity index (χ4v) is 6.12. The van der Waals surface area contributed by atoms with Crippen LogP contribution in [-0.2, 0) is 30.6 Å². The third kappa shape index (κ3) is 3.47. The molecular formula is C15H20N2O5S2. The number of methoxy groups -OCH3 is 1. The third-order valence-corrected chi connectivity index (χ3v) is 7.07. The van der Waals surface area contributed by atoms with Gasteiger partial charge in [-0.05, 0) is 11.4 Å². The number of carbonyl (C=O) groups excluding carboxylic acids is 2. The van der Waals surface area contributed by atoms with Gasteiger partial charge in [0, 0.05) is 25.1 Å². The van der Waals surface area contributed by atoms with Gasteiger partial charge in [0.05, 0.1) is 30.0 Å². The summed E-state index contributed by atoms with van der Waals surface area (Å²) in [6, 6.07) is 2.84. The first-order valence-electron chi connectivity index (χ1n) is 7.72. The molecule has 0 radical (unpaired) electrons. The van der Waals surface area contributed by atoms with Crippen LogP contribution in [0.15, 0.2) is 17.5 Å². The molecule has 0 aromatic carbocycles. The highest BCUT2D eigenvalue weighted by Gasteiger charge is 2.49. The molecule has 2 saturated heterocycles. The Morgan fingerprint density at radius 3 is 2.38 bits per heavy atom. The van der Waals surface area contributed by atoms with Crippen LogP contribution in [0.3, 0.4) is 0 Å². The minimum Gasteiger partial charge on any atom is -0.375 e. The summed E-state index contributed by atoms with van der Waals surface area (Å²) in [7, 11) is -1.83. The van der Waals surface area contributed by atoms with E-state index in [1.807, 2.05) is 17.5 Å². The summed E-state index contributed by atoms with van der Waals surface area (Å²) in [4.78, 5) is 29.0. The third-order valence-electron chi connectivity index (χ3n) is 4.49. The topological polar surface area (TPSA) is 84.0 Å². The maximum absolute atomic E-state index is 12.6. The van der Waals surface area contributed by atoms with E-state index in [0.29, 0.717) is 13.1 Å². The maximum Gasteiger partial charge on any atom is 0.248 e. The molecule has 2 fully saturated rings. The van der Waals surface area contributed by atoms with Crippen LogP contribution in [0.1, 0.15) is 4.88 Å². The summed E-state index contributed by atoms with van der Waals surface area (Å²) in [5.41, 5.74) is 0. The van der Waals surface area contributed by atoms with Gasteiger partial charge in [-0.25, -0.2) is 8.42 Å². The fraction of sp³-hybridized carbons (Fsp3) is 0.600. The van der Waals surface area contributed by atoms with E-state index in [1.54, 1.807) is 9.80 Å². The number of fused-ring (bicyclic) bond motifs is 1. The lowest BCUT2D eigenvalue weighted by Gasteiger charge is -2.43. The van der Waals surface area contributed by atoms with Gasteiger partial charge in [-0.3, -0.25) is 9.59 Å². The Morgan fingerprint density at radius 1 is 1.21 bits per heavy atom. The van der Waals surface area contributed by atoms with Crippen LogP contribution in [0.5, 0.6) is 0 Å². The normalized spacial score (nSPS) is 25.5. The molecule has 0 unspecified atom stereocenters. The van der Waals surface area contributed by atoms with Crippen LogP contribution < -0.4 is 0 Å². The van der Waals surface area contributed by atoms with Crippen molar-refractivity contribution in [1.29, 1.82) is 0 Å². The van der Waals surface area contributed by atoms with Gasteiger partial charge in [0.25, 0.3) is 0 Å². The molecule has 0 bridgehead atoms. The fourth-order valence-electron chi connectivity index (χ4n) is 3.44. The molecule has 24 heavy (non-hydrogen) atoms. The molecule has 0 aliphatic carbocycles. The van der Waals surface area contributed by atoms with E-state index in [2.05, 4.69) is 0 Å². The second-order valence-corrected chi connectivity index (χ2v) is 9.26. The van der Waals surface area contributed by atoms with Crippen molar-refractivity contribution >= 4 is 33.0 Å². The van der Waals surface area contributed by atoms with Gasteiger partial charge in [0.2, 0.25) is 11.8 Å². The van der Waals surface area contributed by atoms with E-state index in [0.717, 1.165) is 4.88 Å². The van der Waals surface area contributed by atoms with Crippen LogP contribution in [-0.4, -0.2) is 80.4 Å². The molecule has 1 aromatic rings. The van der Waals surface area contributed by atoms with Gasteiger partial charge >= 0.3 is 0 Å². The number of amides is 2. The number of sulfone groups is 1. The predicted octanol–water partition coefficient (Wildman–Crippen LogP) is -0.227. The van der Waals surface area contributed by atoms with Crippen molar-refractivity contribution in [1.82, 2.24) is 9.80 Å². The molecule has 9 heteroatoms. The van der Waals surface area contributed by atoms with Crippen molar-refractivity contribution in [2.24, 2.45) is 0 Å². The second kappa shape index (κ2) is 6.81. The predicted molar refractivity (Wildman–Crippen MR) is 89.6 cm³/mol. The SMILES string of the molecule is COCC(=O)N1CCN(C(=O)Cc2cccs2)[C@H]2CS(=O)(=O)C[C@H]21. The second-order valence-electron chi connectivity index (χ2n) is 6.08. The molecule has 132 valence electrons. The van der Waals surface area contributed by atoms with Gasteiger partial charge < -0.3 is 14.5 Å². The van der Waals surface area contributed by atoms with Gasteiger partial charge in [-0.15, -0.1) is 11.3 Å². The molecule has 3 rings (SSSR count). The minimum atomic E-state index is -3.26. The maximum atomic E-state index is 12.6. The molecule has 0 saturated carbocycles. The van der Waals surface area contributed by atoms with E-state index in [-0.39, 0.29) is 36.3 Å². The zero-order valence-corrected chi connectivity index (χ0v) is 15.0. The van der Waals surface area contributed by atoms with Gasteiger partial charge in [0.1, 0.15) is 6.61 Å². The summed E-state index contributed by atoms with van der Waals surface area (Å²) in [6.07, 6.45) is 0.271. The average Bonchev–Trinajstić information content (AvgIpc) is 3.11. The number of hydrogen-bond donors (Lipinski definition) is 0. The van der Waals surface area contributed by atoms with Crippen molar-refractivity contribution in [3.05, 3.63) is 22.4 Å². The molecule has 2 aliphatic heterocycles. The molecule has 1 aromatic heterocycles. The van der Waals surface area contributed by atoms with Gasteiger partial charge in [-0.1, -0.05) is 6.07 Å². The molecule has 2 atom stereocenters. The van der Waals surface area contributed by atoms with E-state index >= 15 is 0 Å². The zero-order valence-electron chi connectivity index (χ0n) is 13.4. The summed E-state index contributed by atoms with van der Waals surface area (Å²) in [5.74, 6) is -0.473. The summed E-state index contributed by atoms with van der Waals surface area (Å²) >= 11 is 1.51.